The van der Waals surface area contributed by atoms with E-state index in [1.807, 2.05) is 17.5 Å². The Balaban J connectivity index is 1.93. The second-order valence-electron chi connectivity index (χ2n) is 4.20. The number of nitro groups is 1. The van der Waals surface area contributed by atoms with Crippen molar-refractivity contribution < 1.29 is 14.5 Å². The number of thiophene rings is 1. The summed E-state index contributed by atoms with van der Waals surface area (Å²) in [6.45, 7) is 0.212. The first-order valence-corrected chi connectivity index (χ1v) is 6.94. The average Bonchev–Trinajstić information content (AvgIpc) is 2.97. The number of hydrogen-bond donors (Lipinski definition) is 0. The lowest BCUT2D eigenvalue weighted by molar-refractivity contribution is -0.390. The minimum atomic E-state index is -0.644. The number of pyridine rings is 1. The van der Waals surface area contributed by atoms with E-state index in [0.717, 1.165) is 4.88 Å². The predicted molar refractivity (Wildman–Crippen MR) is 77.2 cm³/mol. The van der Waals surface area contributed by atoms with Gasteiger partial charge in [0, 0.05) is 11.9 Å². The molecule has 0 aromatic carbocycles. The Morgan fingerprint density at radius 3 is 2.95 bits per heavy atom. The van der Waals surface area contributed by atoms with E-state index < -0.39 is 10.7 Å². The van der Waals surface area contributed by atoms with Crippen LogP contribution in [0.3, 0.4) is 0 Å². The van der Waals surface area contributed by atoms with Crippen LogP contribution in [-0.4, -0.2) is 34.4 Å². The van der Waals surface area contributed by atoms with E-state index in [1.165, 1.54) is 23.2 Å². The molecular formula is C13H13N3O4S. The van der Waals surface area contributed by atoms with Crippen LogP contribution in [0.15, 0.2) is 35.8 Å². The SMILES string of the molecule is CN(Cc1cccs1)C(=O)COc1cccnc1[N+](=O)[O-]. The summed E-state index contributed by atoms with van der Waals surface area (Å²) in [5.74, 6) is -0.673. The Hall–Kier alpha value is -2.48. The molecule has 8 heteroatoms. The summed E-state index contributed by atoms with van der Waals surface area (Å²) in [6, 6.07) is 6.77. The largest absolute Gasteiger partial charge is 0.476 e. The number of ether oxygens (including phenoxy) is 1. The number of hydrogen-bond acceptors (Lipinski definition) is 6. The standard InChI is InChI=1S/C13H13N3O4S/c1-15(8-10-4-3-7-21-10)12(17)9-20-11-5-2-6-14-13(11)16(18)19/h2-7H,8-9H2,1H3. The molecule has 0 spiro atoms. The summed E-state index contributed by atoms with van der Waals surface area (Å²) < 4.78 is 5.21. The van der Waals surface area contributed by atoms with Gasteiger partial charge in [0.15, 0.2) is 6.61 Å². The van der Waals surface area contributed by atoms with Gasteiger partial charge in [0.1, 0.15) is 6.20 Å². The van der Waals surface area contributed by atoms with Crippen LogP contribution in [0.2, 0.25) is 0 Å². The first kappa shape index (κ1) is 14.9. The fourth-order valence-corrected chi connectivity index (χ4v) is 2.36. The maximum Gasteiger partial charge on any atom is 0.406 e. The highest BCUT2D eigenvalue weighted by Gasteiger charge is 2.18. The predicted octanol–water partition coefficient (Wildman–Crippen LogP) is 2.09. The van der Waals surface area contributed by atoms with Crippen molar-refractivity contribution >= 4 is 23.1 Å². The molecule has 0 saturated heterocycles. The zero-order chi connectivity index (χ0) is 15.2. The van der Waals surface area contributed by atoms with Crippen molar-refractivity contribution in [1.82, 2.24) is 9.88 Å². The van der Waals surface area contributed by atoms with Gasteiger partial charge < -0.3 is 19.8 Å². The Bertz CT molecular complexity index is 630. The van der Waals surface area contributed by atoms with Crippen LogP contribution < -0.4 is 4.74 Å². The Labute approximate surface area is 124 Å². The molecule has 2 aromatic heterocycles. The van der Waals surface area contributed by atoms with Crippen LogP contribution in [-0.2, 0) is 11.3 Å². The zero-order valence-electron chi connectivity index (χ0n) is 11.3. The highest BCUT2D eigenvalue weighted by atomic mass is 32.1. The maximum absolute atomic E-state index is 11.9. The van der Waals surface area contributed by atoms with Gasteiger partial charge in [0.2, 0.25) is 5.75 Å². The van der Waals surface area contributed by atoms with E-state index in [-0.39, 0.29) is 18.3 Å². The van der Waals surface area contributed by atoms with Crippen LogP contribution >= 0.6 is 11.3 Å². The molecule has 0 unspecified atom stereocenters. The van der Waals surface area contributed by atoms with E-state index >= 15 is 0 Å². The lowest BCUT2D eigenvalue weighted by Crippen LogP contribution is -2.30. The molecule has 0 aliphatic carbocycles. The first-order valence-electron chi connectivity index (χ1n) is 6.06. The van der Waals surface area contributed by atoms with E-state index in [4.69, 9.17) is 4.74 Å². The van der Waals surface area contributed by atoms with Crippen molar-refractivity contribution in [3.8, 4) is 5.75 Å². The van der Waals surface area contributed by atoms with Gasteiger partial charge in [-0.3, -0.25) is 4.79 Å². The van der Waals surface area contributed by atoms with Gasteiger partial charge >= 0.3 is 5.82 Å². The third-order valence-electron chi connectivity index (χ3n) is 2.67. The normalized spacial score (nSPS) is 10.1. The molecule has 2 rings (SSSR count). The van der Waals surface area contributed by atoms with Crippen LogP contribution in [0.1, 0.15) is 4.88 Å². The molecule has 2 aromatic rings. The smallest absolute Gasteiger partial charge is 0.406 e. The Morgan fingerprint density at radius 2 is 2.29 bits per heavy atom. The summed E-state index contributed by atoms with van der Waals surface area (Å²) in [5, 5.41) is 12.7. The number of likely N-dealkylation sites (N-methyl/N-ethyl adjacent to an activating group) is 1. The van der Waals surface area contributed by atoms with Gasteiger partial charge in [-0.2, -0.15) is 0 Å². The van der Waals surface area contributed by atoms with Gasteiger partial charge in [0.05, 0.1) is 6.54 Å². The van der Waals surface area contributed by atoms with Gasteiger partial charge in [-0.25, -0.2) is 0 Å². The van der Waals surface area contributed by atoms with Gasteiger partial charge in [0.25, 0.3) is 5.91 Å². The summed E-state index contributed by atoms with van der Waals surface area (Å²) in [7, 11) is 1.66. The summed E-state index contributed by atoms with van der Waals surface area (Å²) in [6.07, 6.45) is 1.30. The quantitative estimate of drug-likeness (QED) is 0.602. The fraction of sp³-hybridized carbons (Fsp3) is 0.231. The molecule has 21 heavy (non-hydrogen) atoms. The molecule has 0 aliphatic rings. The molecule has 0 atom stereocenters. The number of carbonyl (C=O) groups is 1. The van der Waals surface area contributed by atoms with E-state index in [0.29, 0.717) is 6.54 Å². The van der Waals surface area contributed by atoms with E-state index in [1.54, 1.807) is 18.4 Å². The molecule has 2 heterocycles. The average molecular weight is 307 g/mol. The highest BCUT2D eigenvalue weighted by Crippen LogP contribution is 2.22. The van der Waals surface area contributed by atoms with E-state index in [9.17, 15) is 14.9 Å². The third kappa shape index (κ3) is 3.99. The molecule has 7 nitrogen and oxygen atoms in total. The second-order valence-corrected chi connectivity index (χ2v) is 5.23. The van der Waals surface area contributed by atoms with Crippen LogP contribution in [0.5, 0.6) is 5.75 Å². The lowest BCUT2D eigenvalue weighted by Gasteiger charge is -2.16. The number of rotatable bonds is 6. The van der Waals surface area contributed by atoms with E-state index in [2.05, 4.69) is 4.98 Å². The van der Waals surface area contributed by atoms with Crippen LogP contribution in [0.25, 0.3) is 0 Å². The van der Waals surface area contributed by atoms with Crippen molar-refractivity contribution in [1.29, 1.82) is 0 Å². The van der Waals surface area contributed by atoms with Gasteiger partial charge in [-0.1, -0.05) is 6.07 Å². The molecule has 0 fully saturated rings. The molecule has 1 amide bonds. The number of carbonyl (C=O) groups excluding carboxylic acids is 1. The van der Waals surface area contributed by atoms with Crippen molar-refractivity contribution in [2.24, 2.45) is 0 Å². The number of amides is 1. The van der Waals surface area contributed by atoms with Crippen molar-refractivity contribution in [3.05, 3.63) is 50.8 Å². The zero-order valence-corrected chi connectivity index (χ0v) is 12.1. The number of aromatic nitrogens is 1. The van der Waals surface area contributed by atoms with Gasteiger partial charge in [-0.15, -0.1) is 11.3 Å². The van der Waals surface area contributed by atoms with Crippen molar-refractivity contribution in [2.75, 3.05) is 13.7 Å². The van der Waals surface area contributed by atoms with Crippen molar-refractivity contribution in [3.63, 3.8) is 0 Å². The second kappa shape index (κ2) is 6.80. The minimum Gasteiger partial charge on any atom is -0.476 e. The minimum absolute atomic E-state index is 0.0135. The third-order valence-corrected chi connectivity index (χ3v) is 3.53. The van der Waals surface area contributed by atoms with Crippen LogP contribution in [0, 0.1) is 10.1 Å². The fourth-order valence-electron chi connectivity index (χ4n) is 1.61. The molecule has 110 valence electrons. The summed E-state index contributed by atoms with van der Waals surface area (Å²) in [4.78, 5) is 28.3. The molecule has 0 N–H and O–H groups in total. The Kier molecular flexibility index (Phi) is 4.83. The van der Waals surface area contributed by atoms with Gasteiger partial charge in [-0.05, 0) is 33.5 Å². The maximum atomic E-state index is 11.9. The lowest BCUT2D eigenvalue weighted by atomic mass is 10.4. The number of nitrogens with zero attached hydrogens (tertiary/aromatic N) is 3. The van der Waals surface area contributed by atoms with Crippen molar-refractivity contribution in [2.45, 2.75) is 6.54 Å². The molecule has 0 aliphatic heterocycles. The molecule has 0 bridgehead atoms. The highest BCUT2D eigenvalue weighted by molar-refractivity contribution is 7.09. The topological polar surface area (TPSA) is 85.6 Å². The summed E-state index contributed by atoms with van der Waals surface area (Å²) >= 11 is 1.56. The summed E-state index contributed by atoms with van der Waals surface area (Å²) in [5.41, 5.74) is 0. The monoisotopic (exact) mass is 307 g/mol. The molecule has 0 radical (unpaired) electrons. The van der Waals surface area contributed by atoms with Crippen LogP contribution in [0.4, 0.5) is 5.82 Å². The first-order chi connectivity index (χ1) is 10.1. The molecular weight excluding hydrogens is 294 g/mol. The Morgan fingerprint density at radius 1 is 1.48 bits per heavy atom. The molecule has 0 saturated carbocycles.